The molecule has 0 bridgehead atoms. The van der Waals surface area contributed by atoms with E-state index in [1.54, 1.807) is 0 Å². The molecule has 0 unspecified atom stereocenters. The van der Waals surface area contributed by atoms with Crippen molar-refractivity contribution in [2.45, 2.75) is 32.0 Å². The number of rotatable bonds is 8. The van der Waals surface area contributed by atoms with Crippen LogP contribution in [0.4, 0.5) is 0 Å². The lowest BCUT2D eigenvalue weighted by Gasteiger charge is -2.09. The summed E-state index contributed by atoms with van der Waals surface area (Å²) in [4.78, 5) is 6.53. The Morgan fingerprint density at radius 2 is 2.22 bits per heavy atom. The standard InChI is InChI=1S/C14H23N3O/c1-17(2)7-8-18-11-14-4-3-12(10-16-14)9-15-13-5-6-13/h3-4,10,13,15H,5-9,11H2,1-2H3. The summed E-state index contributed by atoms with van der Waals surface area (Å²) in [6.45, 7) is 3.23. The molecule has 18 heavy (non-hydrogen) atoms. The van der Waals surface area contributed by atoms with E-state index in [0.717, 1.165) is 31.4 Å². The van der Waals surface area contributed by atoms with Crippen LogP contribution in [-0.4, -0.2) is 43.2 Å². The van der Waals surface area contributed by atoms with Crippen molar-refractivity contribution in [2.24, 2.45) is 0 Å². The average Bonchev–Trinajstić information content (AvgIpc) is 3.17. The minimum Gasteiger partial charge on any atom is -0.374 e. The molecule has 1 aromatic heterocycles. The molecule has 4 nitrogen and oxygen atoms in total. The summed E-state index contributed by atoms with van der Waals surface area (Å²) in [7, 11) is 4.09. The lowest BCUT2D eigenvalue weighted by atomic mass is 10.2. The van der Waals surface area contributed by atoms with Crippen LogP contribution >= 0.6 is 0 Å². The Morgan fingerprint density at radius 3 is 2.83 bits per heavy atom. The summed E-state index contributed by atoms with van der Waals surface area (Å²) in [5, 5.41) is 3.48. The minimum absolute atomic E-state index is 0.601. The van der Waals surface area contributed by atoms with E-state index in [0.29, 0.717) is 6.61 Å². The third-order valence-corrected chi connectivity index (χ3v) is 2.99. The van der Waals surface area contributed by atoms with Gasteiger partial charge in [0, 0.05) is 25.3 Å². The van der Waals surface area contributed by atoms with Gasteiger partial charge in [-0.1, -0.05) is 6.07 Å². The van der Waals surface area contributed by atoms with Crippen molar-refractivity contribution < 1.29 is 4.74 Å². The lowest BCUT2D eigenvalue weighted by Crippen LogP contribution is -2.18. The Kier molecular flexibility index (Phi) is 5.11. The van der Waals surface area contributed by atoms with Crippen molar-refractivity contribution in [3.8, 4) is 0 Å². The second-order valence-corrected chi connectivity index (χ2v) is 5.17. The Hall–Kier alpha value is -0.970. The van der Waals surface area contributed by atoms with Crippen LogP contribution in [0.3, 0.4) is 0 Å². The van der Waals surface area contributed by atoms with Crippen molar-refractivity contribution in [1.29, 1.82) is 0 Å². The van der Waals surface area contributed by atoms with Crippen LogP contribution in [0.5, 0.6) is 0 Å². The van der Waals surface area contributed by atoms with Crippen LogP contribution in [-0.2, 0) is 17.9 Å². The molecule has 100 valence electrons. The predicted octanol–water partition coefficient (Wildman–Crippen LogP) is 1.41. The molecule has 4 heteroatoms. The first-order chi connectivity index (χ1) is 8.74. The Labute approximate surface area is 109 Å². The summed E-state index contributed by atoms with van der Waals surface area (Å²) in [5.41, 5.74) is 2.25. The van der Waals surface area contributed by atoms with Gasteiger partial charge in [0.15, 0.2) is 0 Å². The van der Waals surface area contributed by atoms with Crippen LogP contribution < -0.4 is 5.32 Å². The number of pyridine rings is 1. The van der Waals surface area contributed by atoms with Gasteiger partial charge in [-0.05, 0) is 38.6 Å². The zero-order chi connectivity index (χ0) is 12.8. The topological polar surface area (TPSA) is 37.4 Å². The number of hydrogen-bond donors (Lipinski definition) is 1. The summed E-state index contributed by atoms with van der Waals surface area (Å²) in [6, 6.07) is 4.94. The van der Waals surface area contributed by atoms with E-state index in [4.69, 9.17) is 4.74 Å². The summed E-state index contributed by atoms with van der Waals surface area (Å²) in [5.74, 6) is 0. The van der Waals surface area contributed by atoms with Gasteiger partial charge in [-0.25, -0.2) is 0 Å². The molecule has 0 spiro atoms. The molecule has 1 aromatic rings. The molecule has 0 radical (unpaired) electrons. The SMILES string of the molecule is CN(C)CCOCc1ccc(CNC2CC2)cn1. The molecule has 1 N–H and O–H groups in total. The van der Waals surface area contributed by atoms with Gasteiger partial charge in [0.1, 0.15) is 0 Å². The Morgan fingerprint density at radius 1 is 1.39 bits per heavy atom. The second kappa shape index (κ2) is 6.83. The van der Waals surface area contributed by atoms with Crippen molar-refractivity contribution in [3.05, 3.63) is 29.6 Å². The molecule has 0 saturated heterocycles. The minimum atomic E-state index is 0.601. The fourth-order valence-electron chi connectivity index (χ4n) is 1.62. The molecule has 1 saturated carbocycles. The van der Waals surface area contributed by atoms with Gasteiger partial charge in [0.25, 0.3) is 0 Å². The number of ether oxygens (including phenoxy) is 1. The molecule has 0 atom stereocenters. The van der Waals surface area contributed by atoms with Gasteiger partial charge >= 0.3 is 0 Å². The average molecular weight is 249 g/mol. The largest absolute Gasteiger partial charge is 0.374 e. The molecule has 1 aliphatic rings. The third kappa shape index (κ3) is 5.12. The molecule has 0 amide bonds. The van der Waals surface area contributed by atoms with Crippen LogP contribution in [0, 0.1) is 0 Å². The Balaban J connectivity index is 1.66. The smallest absolute Gasteiger partial charge is 0.0888 e. The first-order valence-corrected chi connectivity index (χ1v) is 6.64. The summed E-state index contributed by atoms with van der Waals surface area (Å²) in [6.07, 6.45) is 4.59. The van der Waals surface area contributed by atoms with E-state index in [9.17, 15) is 0 Å². The normalized spacial score (nSPS) is 15.3. The zero-order valence-corrected chi connectivity index (χ0v) is 11.4. The van der Waals surface area contributed by atoms with Crippen LogP contribution in [0.1, 0.15) is 24.1 Å². The lowest BCUT2D eigenvalue weighted by molar-refractivity contribution is 0.103. The molecular weight excluding hydrogens is 226 g/mol. The number of nitrogens with zero attached hydrogens (tertiary/aromatic N) is 2. The predicted molar refractivity (Wildman–Crippen MR) is 72.3 cm³/mol. The highest BCUT2D eigenvalue weighted by atomic mass is 16.5. The van der Waals surface area contributed by atoms with Gasteiger partial charge in [-0.2, -0.15) is 0 Å². The van der Waals surface area contributed by atoms with E-state index in [2.05, 4.69) is 27.3 Å². The zero-order valence-electron chi connectivity index (χ0n) is 11.4. The monoisotopic (exact) mass is 249 g/mol. The molecule has 1 heterocycles. The molecule has 1 fully saturated rings. The van der Waals surface area contributed by atoms with Crippen LogP contribution in [0.25, 0.3) is 0 Å². The highest BCUT2D eigenvalue weighted by Crippen LogP contribution is 2.19. The number of nitrogens with one attached hydrogen (secondary N) is 1. The molecule has 0 aromatic carbocycles. The highest BCUT2D eigenvalue weighted by Gasteiger charge is 2.19. The van der Waals surface area contributed by atoms with Crippen molar-refractivity contribution >= 4 is 0 Å². The first-order valence-electron chi connectivity index (χ1n) is 6.64. The number of hydrogen-bond acceptors (Lipinski definition) is 4. The van der Waals surface area contributed by atoms with Crippen LogP contribution in [0.2, 0.25) is 0 Å². The molecule has 2 rings (SSSR count). The van der Waals surface area contributed by atoms with Crippen molar-refractivity contribution in [1.82, 2.24) is 15.2 Å². The number of likely N-dealkylation sites (N-methyl/N-ethyl adjacent to an activating group) is 1. The van der Waals surface area contributed by atoms with E-state index in [-0.39, 0.29) is 0 Å². The fourth-order valence-corrected chi connectivity index (χ4v) is 1.62. The van der Waals surface area contributed by atoms with Gasteiger partial charge < -0.3 is 15.0 Å². The van der Waals surface area contributed by atoms with Gasteiger partial charge in [-0.3, -0.25) is 4.98 Å². The summed E-state index contributed by atoms with van der Waals surface area (Å²) >= 11 is 0. The maximum atomic E-state index is 5.56. The van der Waals surface area contributed by atoms with E-state index in [1.165, 1.54) is 18.4 Å². The quantitative estimate of drug-likeness (QED) is 0.707. The van der Waals surface area contributed by atoms with Gasteiger partial charge in [0.05, 0.1) is 18.9 Å². The van der Waals surface area contributed by atoms with E-state index >= 15 is 0 Å². The fraction of sp³-hybridized carbons (Fsp3) is 0.643. The second-order valence-electron chi connectivity index (χ2n) is 5.17. The summed E-state index contributed by atoms with van der Waals surface area (Å²) < 4.78 is 5.56. The maximum absolute atomic E-state index is 5.56. The first kappa shape index (κ1) is 13.5. The van der Waals surface area contributed by atoms with E-state index in [1.807, 2.05) is 20.3 Å². The highest BCUT2D eigenvalue weighted by molar-refractivity contribution is 5.13. The maximum Gasteiger partial charge on any atom is 0.0888 e. The Bertz CT molecular complexity index is 347. The molecule has 1 aliphatic carbocycles. The van der Waals surface area contributed by atoms with Crippen LogP contribution in [0.15, 0.2) is 18.3 Å². The van der Waals surface area contributed by atoms with Gasteiger partial charge in [0.2, 0.25) is 0 Å². The third-order valence-electron chi connectivity index (χ3n) is 2.99. The van der Waals surface area contributed by atoms with Gasteiger partial charge in [-0.15, -0.1) is 0 Å². The molecule has 0 aliphatic heterocycles. The number of aromatic nitrogens is 1. The molecular formula is C14H23N3O. The van der Waals surface area contributed by atoms with E-state index < -0.39 is 0 Å². The van der Waals surface area contributed by atoms with Crippen molar-refractivity contribution in [2.75, 3.05) is 27.2 Å². The van der Waals surface area contributed by atoms with Crippen molar-refractivity contribution in [3.63, 3.8) is 0 Å².